The summed E-state index contributed by atoms with van der Waals surface area (Å²) in [5.41, 5.74) is -3.07. The number of ether oxygens (including phenoxy) is 4. The van der Waals surface area contributed by atoms with Gasteiger partial charge in [0, 0.05) is 0 Å². The molecule has 7 nitrogen and oxygen atoms in total. The molecular weight excluding hydrogens is 395 g/mol. The molecule has 164 valence electrons. The highest BCUT2D eigenvalue weighted by Crippen LogP contribution is 2.41. The number of pyridine rings is 1. The molecule has 1 aromatic rings. The van der Waals surface area contributed by atoms with Gasteiger partial charge in [0.1, 0.15) is 5.56 Å². The summed E-state index contributed by atoms with van der Waals surface area (Å²) in [6.07, 6.45) is -6.92. The first-order valence-corrected chi connectivity index (χ1v) is 9.16. The molecule has 0 bridgehead atoms. The Labute approximate surface area is 167 Å². The number of carbonyl (C=O) groups is 2. The SMILES string of the molecule is CCOC(=O)c1c(C(F)(F)F)nc(OC(C)C)c(C(=O)OC(C)C)c1OC(C)C. The summed E-state index contributed by atoms with van der Waals surface area (Å²) in [7, 11) is 0. The van der Waals surface area contributed by atoms with Gasteiger partial charge in [-0.1, -0.05) is 0 Å². The second-order valence-electron chi connectivity index (χ2n) is 6.85. The molecule has 0 aliphatic carbocycles. The lowest BCUT2D eigenvalue weighted by Gasteiger charge is -2.23. The third-order valence-electron chi connectivity index (χ3n) is 3.11. The lowest BCUT2D eigenvalue weighted by molar-refractivity contribution is -0.142. The highest BCUT2D eigenvalue weighted by Gasteiger charge is 2.44. The zero-order valence-electron chi connectivity index (χ0n) is 17.5. The van der Waals surface area contributed by atoms with Crippen molar-refractivity contribution in [1.82, 2.24) is 4.98 Å². The molecule has 29 heavy (non-hydrogen) atoms. The van der Waals surface area contributed by atoms with Crippen LogP contribution in [0.15, 0.2) is 0 Å². The number of esters is 2. The normalized spacial score (nSPS) is 11.8. The van der Waals surface area contributed by atoms with Crippen LogP contribution in [0.25, 0.3) is 0 Å². The number of alkyl halides is 3. The molecule has 0 radical (unpaired) electrons. The Morgan fingerprint density at radius 2 is 1.45 bits per heavy atom. The Bertz CT molecular complexity index is 744. The second kappa shape index (κ2) is 9.80. The Morgan fingerprint density at radius 3 is 1.86 bits per heavy atom. The summed E-state index contributed by atoms with van der Waals surface area (Å²) in [6, 6.07) is 0. The van der Waals surface area contributed by atoms with E-state index in [1.807, 2.05) is 0 Å². The van der Waals surface area contributed by atoms with Crippen LogP contribution < -0.4 is 9.47 Å². The van der Waals surface area contributed by atoms with Crippen LogP contribution in [-0.2, 0) is 15.7 Å². The van der Waals surface area contributed by atoms with E-state index in [1.54, 1.807) is 27.7 Å². The van der Waals surface area contributed by atoms with Gasteiger partial charge in [-0.25, -0.2) is 14.6 Å². The van der Waals surface area contributed by atoms with E-state index in [1.165, 1.54) is 20.8 Å². The fraction of sp³-hybridized carbons (Fsp3) is 0.632. The van der Waals surface area contributed by atoms with Crippen molar-refractivity contribution >= 4 is 11.9 Å². The monoisotopic (exact) mass is 421 g/mol. The van der Waals surface area contributed by atoms with Gasteiger partial charge in [-0.15, -0.1) is 0 Å². The molecule has 0 saturated heterocycles. The van der Waals surface area contributed by atoms with Crippen molar-refractivity contribution in [2.45, 2.75) is 73.0 Å². The van der Waals surface area contributed by atoms with E-state index in [4.69, 9.17) is 18.9 Å². The van der Waals surface area contributed by atoms with Crippen LogP contribution in [0.3, 0.4) is 0 Å². The Hall–Kier alpha value is -2.52. The summed E-state index contributed by atoms with van der Waals surface area (Å²) in [6.45, 7) is 10.5. The molecule has 0 fully saturated rings. The average Bonchev–Trinajstić information content (AvgIpc) is 2.51. The van der Waals surface area contributed by atoms with Crippen LogP contribution in [0.2, 0.25) is 0 Å². The summed E-state index contributed by atoms with van der Waals surface area (Å²) in [5.74, 6) is -3.63. The molecule has 0 saturated carbocycles. The number of halogens is 3. The van der Waals surface area contributed by atoms with Gasteiger partial charge in [0.05, 0.1) is 24.9 Å². The molecule has 1 rings (SSSR count). The predicted molar refractivity (Wildman–Crippen MR) is 97.3 cm³/mol. The first-order chi connectivity index (χ1) is 13.3. The molecule has 10 heteroatoms. The van der Waals surface area contributed by atoms with Crippen molar-refractivity contribution in [2.75, 3.05) is 6.61 Å². The molecule has 0 aliphatic rings. The number of aromatic nitrogens is 1. The minimum absolute atomic E-state index is 0.187. The van der Waals surface area contributed by atoms with Gasteiger partial charge in [0.2, 0.25) is 5.88 Å². The molecule has 0 atom stereocenters. The fourth-order valence-corrected chi connectivity index (χ4v) is 2.26. The van der Waals surface area contributed by atoms with Gasteiger partial charge in [-0.2, -0.15) is 13.2 Å². The number of nitrogens with zero attached hydrogens (tertiary/aromatic N) is 1. The molecule has 1 heterocycles. The molecule has 0 amide bonds. The standard InChI is InChI=1S/C19H26F3NO6/c1-8-26-17(24)12-14(27-9(2)3)13(18(25)29-11(6)7)16(28-10(4)5)23-15(12)19(20,21)22/h9-11H,8H2,1-7H3. The van der Waals surface area contributed by atoms with E-state index in [0.29, 0.717) is 0 Å². The Balaban J connectivity index is 4.00. The van der Waals surface area contributed by atoms with Gasteiger partial charge >= 0.3 is 18.1 Å². The van der Waals surface area contributed by atoms with E-state index >= 15 is 0 Å². The van der Waals surface area contributed by atoms with Gasteiger partial charge in [0.15, 0.2) is 17.0 Å². The van der Waals surface area contributed by atoms with E-state index in [2.05, 4.69) is 4.98 Å². The van der Waals surface area contributed by atoms with Crippen LogP contribution in [-0.4, -0.2) is 41.8 Å². The highest BCUT2D eigenvalue weighted by atomic mass is 19.4. The highest BCUT2D eigenvalue weighted by molar-refractivity contribution is 6.02. The van der Waals surface area contributed by atoms with Gasteiger partial charge in [-0.05, 0) is 48.5 Å². The lowest BCUT2D eigenvalue weighted by Crippen LogP contribution is -2.26. The quantitative estimate of drug-likeness (QED) is 0.575. The molecular formula is C19H26F3NO6. The maximum atomic E-state index is 13.7. The maximum Gasteiger partial charge on any atom is 0.434 e. The summed E-state index contributed by atoms with van der Waals surface area (Å²) in [5, 5.41) is 0. The van der Waals surface area contributed by atoms with Crippen LogP contribution in [0.1, 0.15) is 74.9 Å². The molecule has 0 N–H and O–H groups in total. The number of rotatable bonds is 8. The summed E-state index contributed by atoms with van der Waals surface area (Å²) >= 11 is 0. The minimum Gasteiger partial charge on any atom is -0.489 e. The van der Waals surface area contributed by atoms with E-state index in [0.717, 1.165) is 0 Å². The van der Waals surface area contributed by atoms with Crippen LogP contribution >= 0.6 is 0 Å². The van der Waals surface area contributed by atoms with Crippen molar-refractivity contribution < 1.29 is 41.7 Å². The lowest BCUT2D eigenvalue weighted by atomic mass is 10.1. The number of hydrogen-bond acceptors (Lipinski definition) is 7. The van der Waals surface area contributed by atoms with Crippen molar-refractivity contribution in [2.24, 2.45) is 0 Å². The fourth-order valence-electron chi connectivity index (χ4n) is 2.26. The smallest absolute Gasteiger partial charge is 0.434 e. The number of carbonyl (C=O) groups excluding carboxylic acids is 2. The largest absolute Gasteiger partial charge is 0.489 e. The second-order valence-corrected chi connectivity index (χ2v) is 6.85. The molecule has 0 unspecified atom stereocenters. The zero-order chi connectivity index (χ0) is 22.5. The van der Waals surface area contributed by atoms with Gasteiger partial charge in [0.25, 0.3) is 0 Å². The molecule has 1 aromatic heterocycles. The van der Waals surface area contributed by atoms with Gasteiger partial charge in [-0.3, -0.25) is 0 Å². The summed E-state index contributed by atoms with van der Waals surface area (Å²) in [4.78, 5) is 28.6. The zero-order valence-corrected chi connectivity index (χ0v) is 17.5. The van der Waals surface area contributed by atoms with E-state index in [-0.39, 0.29) is 6.61 Å². The first-order valence-electron chi connectivity index (χ1n) is 9.16. The van der Waals surface area contributed by atoms with Crippen molar-refractivity contribution in [1.29, 1.82) is 0 Å². The minimum atomic E-state index is -5.03. The topological polar surface area (TPSA) is 84.0 Å². The summed E-state index contributed by atoms with van der Waals surface area (Å²) < 4.78 is 61.9. The van der Waals surface area contributed by atoms with Crippen molar-refractivity contribution in [3.05, 3.63) is 16.8 Å². The van der Waals surface area contributed by atoms with E-state index < -0.39 is 64.9 Å². The Kier molecular flexibility index (Phi) is 8.28. The van der Waals surface area contributed by atoms with Crippen molar-refractivity contribution in [3.8, 4) is 11.6 Å². The number of hydrogen-bond donors (Lipinski definition) is 0. The maximum absolute atomic E-state index is 13.7. The Morgan fingerprint density at radius 1 is 0.897 bits per heavy atom. The van der Waals surface area contributed by atoms with Crippen LogP contribution in [0, 0.1) is 0 Å². The third-order valence-corrected chi connectivity index (χ3v) is 3.11. The molecule has 0 aromatic carbocycles. The van der Waals surface area contributed by atoms with E-state index in [9.17, 15) is 22.8 Å². The molecule has 0 spiro atoms. The predicted octanol–water partition coefficient (Wildman–Crippen LogP) is 4.42. The third kappa shape index (κ3) is 6.50. The average molecular weight is 421 g/mol. The van der Waals surface area contributed by atoms with Crippen LogP contribution in [0.5, 0.6) is 11.6 Å². The first kappa shape index (κ1) is 24.5. The van der Waals surface area contributed by atoms with Gasteiger partial charge < -0.3 is 18.9 Å². The molecule has 0 aliphatic heterocycles. The van der Waals surface area contributed by atoms with Crippen LogP contribution in [0.4, 0.5) is 13.2 Å². The van der Waals surface area contributed by atoms with Crippen molar-refractivity contribution in [3.63, 3.8) is 0 Å².